The fraction of sp³-hybridized carbons (Fsp3) is 0.733. The van der Waals surface area contributed by atoms with Gasteiger partial charge in [-0.3, -0.25) is 0 Å². The molecule has 1 saturated carbocycles. The highest BCUT2D eigenvalue weighted by Crippen LogP contribution is 2.38. The lowest BCUT2D eigenvalue weighted by atomic mass is 10.2. The van der Waals surface area contributed by atoms with Gasteiger partial charge in [-0.15, -0.1) is 0 Å². The van der Waals surface area contributed by atoms with E-state index < -0.39 is 10.0 Å². The van der Waals surface area contributed by atoms with Crippen LogP contribution in [0.4, 0.5) is 0 Å². The molecule has 21 heavy (non-hydrogen) atoms. The van der Waals surface area contributed by atoms with Crippen molar-refractivity contribution in [1.29, 1.82) is 0 Å². The second kappa shape index (κ2) is 5.74. The van der Waals surface area contributed by atoms with Crippen molar-refractivity contribution in [3.05, 3.63) is 18.0 Å². The number of rotatable bonds is 6. The maximum Gasteiger partial charge on any atom is 0.244 e. The van der Waals surface area contributed by atoms with E-state index in [4.69, 9.17) is 0 Å². The van der Waals surface area contributed by atoms with Gasteiger partial charge in [0.2, 0.25) is 10.0 Å². The number of aromatic nitrogens is 1. The van der Waals surface area contributed by atoms with Gasteiger partial charge >= 0.3 is 0 Å². The summed E-state index contributed by atoms with van der Waals surface area (Å²) in [4.78, 5) is 0.472. The van der Waals surface area contributed by atoms with Crippen molar-refractivity contribution in [2.24, 2.45) is 0 Å². The Morgan fingerprint density at radius 3 is 2.71 bits per heavy atom. The van der Waals surface area contributed by atoms with E-state index in [1.165, 1.54) is 0 Å². The summed E-state index contributed by atoms with van der Waals surface area (Å²) >= 11 is 0. The van der Waals surface area contributed by atoms with Crippen LogP contribution in [-0.2, 0) is 16.6 Å². The molecule has 2 fully saturated rings. The van der Waals surface area contributed by atoms with E-state index in [1.807, 2.05) is 19.3 Å². The summed E-state index contributed by atoms with van der Waals surface area (Å²) in [6.07, 6.45) is 7.03. The molecule has 1 unspecified atom stereocenters. The minimum absolute atomic E-state index is 0.173. The monoisotopic (exact) mass is 311 g/mol. The molecule has 1 N–H and O–H groups in total. The zero-order valence-electron chi connectivity index (χ0n) is 12.9. The minimum Gasteiger partial charge on any atom is -0.346 e. The molecule has 3 rings (SSSR count). The average molecular weight is 311 g/mol. The number of nitrogens with zero attached hydrogens (tertiary/aromatic N) is 2. The first-order chi connectivity index (χ1) is 10.1. The van der Waals surface area contributed by atoms with Crippen LogP contribution < -0.4 is 5.32 Å². The quantitative estimate of drug-likeness (QED) is 0.875. The van der Waals surface area contributed by atoms with E-state index in [0.717, 1.165) is 37.8 Å². The van der Waals surface area contributed by atoms with E-state index in [9.17, 15) is 8.42 Å². The molecule has 0 amide bonds. The lowest BCUT2D eigenvalue weighted by molar-refractivity contribution is 0.379. The van der Waals surface area contributed by atoms with Crippen molar-refractivity contribution in [2.45, 2.75) is 62.6 Å². The van der Waals surface area contributed by atoms with Gasteiger partial charge < -0.3 is 9.88 Å². The molecule has 0 radical (unpaired) electrons. The van der Waals surface area contributed by atoms with E-state index in [2.05, 4.69) is 16.8 Å². The van der Waals surface area contributed by atoms with E-state index in [0.29, 0.717) is 24.0 Å². The van der Waals surface area contributed by atoms with E-state index in [1.54, 1.807) is 4.31 Å². The molecule has 1 aromatic heterocycles. The number of hydrogen-bond donors (Lipinski definition) is 1. The van der Waals surface area contributed by atoms with Crippen molar-refractivity contribution < 1.29 is 8.42 Å². The van der Waals surface area contributed by atoms with Gasteiger partial charge in [0, 0.05) is 37.1 Å². The minimum atomic E-state index is -3.34. The SMILES string of the molecule is CCC1CCCN1S(=O)(=O)c1cc(CNC)n(C2CC2)c1. The Bertz CT molecular complexity index is 604. The van der Waals surface area contributed by atoms with Gasteiger partial charge in [-0.2, -0.15) is 4.31 Å². The highest BCUT2D eigenvalue weighted by Gasteiger charge is 2.36. The van der Waals surface area contributed by atoms with Crippen LogP contribution in [0.1, 0.15) is 50.8 Å². The standard InChI is InChI=1S/C15H25N3O2S/c1-3-12-5-4-8-18(12)21(19,20)15-9-14(10-16-2)17(11-15)13-6-7-13/h9,11-13,16H,3-8,10H2,1-2H3. The second-order valence-electron chi connectivity index (χ2n) is 6.16. The van der Waals surface area contributed by atoms with Gasteiger partial charge in [-0.1, -0.05) is 6.92 Å². The van der Waals surface area contributed by atoms with E-state index >= 15 is 0 Å². The zero-order valence-corrected chi connectivity index (χ0v) is 13.7. The van der Waals surface area contributed by atoms with E-state index in [-0.39, 0.29) is 6.04 Å². The molecule has 1 atom stereocenters. The van der Waals surface area contributed by atoms with Crippen LogP contribution in [0.5, 0.6) is 0 Å². The summed E-state index contributed by atoms with van der Waals surface area (Å²) in [5.74, 6) is 0. The lowest BCUT2D eigenvalue weighted by Crippen LogP contribution is -2.34. The number of sulfonamides is 1. The van der Waals surface area contributed by atoms with Crippen molar-refractivity contribution in [1.82, 2.24) is 14.2 Å². The molecule has 2 aliphatic rings. The summed E-state index contributed by atoms with van der Waals surface area (Å²) in [5.41, 5.74) is 1.07. The second-order valence-corrected chi connectivity index (χ2v) is 8.05. The molecular weight excluding hydrogens is 286 g/mol. The fourth-order valence-corrected chi connectivity index (χ4v) is 5.14. The summed E-state index contributed by atoms with van der Waals surface area (Å²) in [6, 6.07) is 2.53. The average Bonchev–Trinajstić information content (AvgIpc) is 3.03. The van der Waals surface area contributed by atoms with Gasteiger partial charge in [0.05, 0.1) is 0 Å². The van der Waals surface area contributed by atoms with Crippen molar-refractivity contribution >= 4 is 10.0 Å². The third-order valence-electron chi connectivity index (χ3n) is 4.61. The molecule has 6 heteroatoms. The molecule has 1 aliphatic heterocycles. The van der Waals surface area contributed by atoms with Crippen LogP contribution >= 0.6 is 0 Å². The Morgan fingerprint density at radius 1 is 1.33 bits per heavy atom. The predicted octanol–water partition coefficient (Wildman–Crippen LogP) is 2.11. The first-order valence-electron chi connectivity index (χ1n) is 7.95. The molecule has 5 nitrogen and oxygen atoms in total. The first-order valence-corrected chi connectivity index (χ1v) is 9.39. The Morgan fingerprint density at radius 2 is 2.10 bits per heavy atom. The summed E-state index contributed by atoms with van der Waals surface area (Å²) < 4.78 is 29.7. The highest BCUT2D eigenvalue weighted by molar-refractivity contribution is 7.89. The third kappa shape index (κ3) is 2.76. The first kappa shape index (κ1) is 15.1. The molecule has 1 aliphatic carbocycles. The Balaban J connectivity index is 1.93. The van der Waals surface area contributed by atoms with Crippen LogP contribution in [0.15, 0.2) is 17.2 Å². The summed E-state index contributed by atoms with van der Waals surface area (Å²) in [6.45, 7) is 3.44. The summed E-state index contributed by atoms with van der Waals surface area (Å²) in [5, 5.41) is 3.13. The smallest absolute Gasteiger partial charge is 0.244 e. The van der Waals surface area contributed by atoms with Crippen LogP contribution in [0.3, 0.4) is 0 Å². The van der Waals surface area contributed by atoms with Crippen LogP contribution in [-0.4, -0.2) is 36.9 Å². The van der Waals surface area contributed by atoms with Crippen molar-refractivity contribution in [2.75, 3.05) is 13.6 Å². The van der Waals surface area contributed by atoms with Crippen LogP contribution in [0, 0.1) is 0 Å². The van der Waals surface area contributed by atoms with Crippen LogP contribution in [0.2, 0.25) is 0 Å². The fourth-order valence-electron chi connectivity index (χ4n) is 3.32. The topological polar surface area (TPSA) is 54.3 Å². The highest BCUT2D eigenvalue weighted by atomic mass is 32.2. The largest absolute Gasteiger partial charge is 0.346 e. The molecule has 0 aromatic carbocycles. The molecule has 1 saturated heterocycles. The third-order valence-corrected chi connectivity index (χ3v) is 6.52. The molecule has 118 valence electrons. The Labute approximate surface area is 127 Å². The van der Waals surface area contributed by atoms with Gasteiger partial charge in [0.25, 0.3) is 0 Å². The lowest BCUT2D eigenvalue weighted by Gasteiger charge is -2.22. The van der Waals surface area contributed by atoms with Gasteiger partial charge in [0.1, 0.15) is 4.90 Å². The maximum atomic E-state index is 12.9. The van der Waals surface area contributed by atoms with Crippen molar-refractivity contribution in [3.63, 3.8) is 0 Å². The zero-order chi connectivity index (χ0) is 15.0. The molecule has 1 aromatic rings. The number of nitrogens with one attached hydrogen (secondary N) is 1. The molecule has 0 spiro atoms. The Kier molecular flexibility index (Phi) is 4.12. The molecule has 2 heterocycles. The summed E-state index contributed by atoms with van der Waals surface area (Å²) in [7, 11) is -1.45. The predicted molar refractivity (Wildman–Crippen MR) is 82.7 cm³/mol. The van der Waals surface area contributed by atoms with Crippen LogP contribution in [0.25, 0.3) is 0 Å². The van der Waals surface area contributed by atoms with Gasteiger partial charge in [0.15, 0.2) is 0 Å². The Hall–Kier alpha value is -0.850. The van der Waals surface area contributed by atoms with Gasteiger partial charge in [-0.05, 0) is 45.2 Å². The number of hydrogen-bond acceptors (Lipinski definition) is 3. The molecular formula is C15H25N3O2S. The maximum absolute atomic E-state index is 12.9. The normalized spacial score (nSPS) is 23.8. The van der Waals surface area contributed by atoms with Crippen molar-refractivity contribution in [3.8, 4) is 0 Å². The van der Waals surface area contributed by atoms with Gasteiger partial charge in [-0.25, -0.2) is 8.42 Å². The molecule has 0 bridgehead atoms.